The van der Waals surface area contributed by atoms with Gasteiger partial charge >= 0.3 is 5.97 Å². The molecule has 0 aromatic heterocycles. The zero-order valence-corrected chi connectivity index (χ0v) is 10.4. The number of aliphatic carboxylic acids is 1. The lowest BCUT2D eigenvalue weighted by Crippen LogP contribution is -2.29. The Morgan fingerprint density at radius 1 is 1.42 bits per heavy atom. The van der Waals surface area contributed by atoms with Gasteiger partial charge in [-0.15, -0.1) is 0 Å². The first-order chi connectivity index (χ1) is 8.99. The number of carboxylic acids is 1. The van der Waals surface area contributed by atoms with E-state index in [9.17, 15) is 14.0 Å². The molecule has 0 bridgehead atoms. The van der Waals surface area contributed by atoms with Crippen LogP contribution in [-0.2, 0) is 9.59 Å². The van der Waals surface area contributed by atoms with Gasteiger partial charge in [0, 0.05) is 25.3 Å². The molecule has 0 atom stereocenters. The second kappa shape index (κ2) is 7.15. The van der Waals surface area contributed by atoms with E-state index in [1.54, 1.807) is 6.07 Å². The van der Waals surface area contributed by atoms with Crippen LogP contribution in [0.15, 0.2) is 36.4 Å². The van der Waals surface area contributed by atoms with Crippen molar-refractivity contribution in [2.24, 2.45) is 0 Å². The molecule has 5 nitrogen and oxygen atoms in total. The van der Waals surface area contributed by atoms with Gasteiger partial charge in [0.1, 0.15) is 18.2 Å². The molecule has 19 heavy (non-hydrogen) atoms. The average molecular weight is 267 g/mol. The van der Waals surface area contributed by atoms with Crippen LogP contribution in [0, 0.1) is 5.82 Å². The van der Waals surface area contributed by atoms with E-state index in [0.717, 1.165) is 12.2 Å². The number of hydrogen-bond acceptors (Lipinski definition) is 3. The number of ether oxygens (including phenoxy) is 1. The first-order valence-corrected chi connectivity index (χ1v) is 5.53. The molecule has 0 spiro atoms. The van der Waals surface area contributed by atoms with Crippen LogP contribution >= 0.6 is 0 Å². The fourth-order valence-corrected chi connectivity index (χ4v) is 1.24. The van der Waals surface area contributed by atoms with Gasteiger partial charge in [-0.2, -0.15) is 0 Å². The van der Waals surface area contributed by atoms with Crippen molar-refractivity contribution < 1.29 is 23.8 Å². The average Bonchev–Trinajstić information content (AvgIpc) is 2.35. The Kier molecular flexibility index (Phi) is 5.53. The third-order valence-corrected chi connectivity index (χ3v) is 2.24. The molecule has 0 saturated heterocycles. The second-order valence-corrected chi connectivity index (χ2v) is 3.74. The van der Waals surface area contributed by atoms with Crippen molar-refractivity contribution in [1.29, 1.82) is 0 Å². The van der Waals surface area contributed by atoms with E-state index in [0.29, 0.717) is 5.75 Å². The highest BCUT2D eigenvalue weighted by molar-refractivity contribution is 5.93. The first kappa shape index (κ1) is 14.7. The number of rotatable bonds is 6. The van der Waals surface area contributed by atoms with Crippen LogP contribution in [0.2, 0.25) is 0 Å². The van der Waals surface area contributed by atoms with Gasteiger partial charge < -0.3 is 14.7 Å². The molecule has 1 aromatic rings. The second-order valence-electron chi connectivity index (χ2n) is 3.74. The molecule has 0 unspecified atom stereocenters. The number of carboxylic acid groups (broad SMARTS) is 1. The van der Waals surface area contributed by atoms with E-state index < -0.39 is 17.7 Å². The minimum atomic E-state index is -1.18. The van der Waals surface area contributed by atoms with Gasteiger partial charge in [-0.1, -0.05) is 6.07 Å². The molecule has 0 saturated carbocycles. The summed E-state index contributed by atoms with van der Waals surface area (Å²) in [6, 6.07) is 5.68. The molecule has 0 radical (unpaired) electrons. The Hall–Kier alpha value is -2.37. The van der Waals surface area contributed by atoms with Crippen LogP contribution in [-0.4, -0.2) is 42.1 Å². The molecular formula is C13H14FNO4. The highest BCUT2D eigenvalue weighted by atomic mass is 19.1. The molecule has 1 amide bonds. The fraction of sp³-hybridized carbons (Fsp3) is 0.231. The molecule has 1 N–H and O–H groups in total. The monoisotopic (exact) mass is 267 g/mol. The lowest BCUT2D eigenvalue weighted by molar-refractivity contribution is -0.132. The third-order valence-electron chi connectivity index (χ3n) is 2.24. The van der Waals surface area contributed by atoms with Crippen LogP contribution in [0.1, 0.15) is 0 Å². The molecule has 102 valence electrons. The van der Waals surface area contributed by atoms with E-state index >= 15 is 0 Å². The molecule has 0 aliphatic rings. The van der Waals surface area contributed by atoms with Gasteiger partial charge in [-0.25, -0.2) is 9.18 Å². The summed E-state index contributed by atoms with van der Waals surface area (Å²) in [4.78, 5) is 22.9. The zero-order chi connectivity index (χ0) is 14.3. The molecule has 6 heteroatoms. The Morgan fingerprint density at radius 2 is 2.16 bits per heavy atom. The van der Waals surface area contributed by atoms with E-state index in [1.165, 1.54) is 30.1 Å². The molecular weight excluding hydrogens is 253 g/mol. The highest BCUT2D eigenvalue weighted by Gasteiger charge is 2.05. The Balaban J connectivity index is 2.36. The summed E-state index contributed by atoms with van der Waals surface area (Å²) in [6.45, 7) is 0.450. The summed E-state index contributed by atoms with van der Waals surface area (Å²) in [5, 5.41) is 8.38. The van der Waals surface area contributed by atoms with Crippen molar-refractivity contribution in [2.45, 2.75) is 0 Å². The van der Waals surface area contributed by atoms with E-state index in [1.807, 2.05) is 0 Å². The normalized spacial score (nSPS) is 10.4. The van der Waals surface area contributed by atoms with Gasteiger partial charge in [-0.05, 0) is 12.1 Å². The van der Waals surface area contributed by atoms with E-state index in [-0.39, 0.29) is 13.2 Å². The summed E-state index contributed by atoms with van der Waals surface area (Å²) in [6.07, 6.45) is 1.73. The van der Waals surface area contributed by atoms with Crippen LogP contribution in [0.3, 0.4) is 0 Å². The number of carbonyl (C=O) groups excluding carboxylic acids is 1. The Bertz CT molecular complexity index is 487. The third kappa shape index (κ3) is 5.67. The van der Waals surface area contributed by atoms with Gasteiger partial charge in [0.25, 0.3) is 0 Å². The topological polar surface area (TPSA) is 66.8 Å². The van der Waals surface area contributed by atoms with Gasteiger partial charge in [-0.3, -0.25) is 4.79 Å². The van der Waals surface area contributed by atoms with Crippen LogP contribution in [0.5, 0.6) is 5.75 Å². The number of carbonyl (C=O) groups is 2. The largest absolute Gasteiger partial charge is 0.492 e. The summed E-state index contributed by atoms with van der Waals surface area (Å²) in [7, 11) is 1.52. The Labute approximate surface area is 109 Å². The predicted octanol–water partition coefficient (Wildman–Crippen LogP) is 1.30. The lowest BCUT2D eigenvalue weighted by atomic mass is 10.3. The van der Waals surface area contributed by atoms with Crippen molar-refractivity contribution in [2.75, 3.05) is 20.2 Å². The van der Waals surface area contributed by atoms with E-state index in [2.05, 4.69) is 0 Å². The SMILES string of the molecule is CN(CCOc1cccc(F)c1)C(=O)/C=C/C(=O)O. The van der Waals surface area contributed by atoms with Gasteiger partial charge in [0.2, 0.25) is 5.91 Å². The van der Waals surface area contributed by atoms with Crippen LogP contribution < -0.4 is 4.74 Å². The summed E-state index contributed by atoms with van der Waals surface area (Å²) < 4.78 is 18.1. The van der Waals surface area contributed by atoms with Crippen LogP contribution in [0.4, 0.5) is 4.39 Å². The number of hydrogen-bond donors (Lipinski definition) is 1. The maximum atomic E-state index is 12.8. The number of benzene rings is 1. The standard InChI is InChI=1S/C13H14FNO4/c1-15(12(16)5-6-13(17)18)7-8-19-11-4-2-3-10(14)9-11/h2-6,9H,7-8H2,1H3,(H,17,18)/b6-5+. The first-order valence-electron chi connectivity index (χ1n) is 5.53. The smallest absolute Gasteiger partial charge is 0.328 e. The van der Waals surface area contributed by atoms with Crippen molar-refractivity contribution in [3.8, 4) is 5.75 Å². The van der Waals surface area contributed by atoms with Crippen molar-refractivity contribution in [1.82, 2.24) is 4.90 Å². The maximum absolute atomic E-state index is 12.8. The lowest BCUT2D eigenvalue weighted by Gasteiger charge is -2.15. The molecule has 1 rings (SSSR count). The van der Waals surface area contributed by atoms with Crippen molar-refractivity contribution >= 4 is 11.9 Å². The van der Waals surface area contributed by atoms with Gasteiger partial charge in [0.05, 0.1) is 6.54 Å². The predicted molar refractivity (Wildman–Crippen MR) is 66.3 cm³/mol. The zero-order valence-electron chi connectivity index (χ0n) is 10.4. The molecule has 0 aliphatic carbocycles. The highest BCUT2D eigenvalue weighted by Crippen LogP contribution is 2.11. The molecule has 0 heterocycles. The number of nitrogens with zero attached hydrogens (tertiary/aromatic N) is 1. The Morgan fingerprint density at radius 3 is 2.79 bits per heavy atom. The molecule has 0 aliphatic heterocycles. The van der Waals surface area contributed by atoms with E-state index in [4.69, 9.17) is 9.84 Å². The summed E-state index contributed by atoms with van der Waals surface area (Å²) >= 11 is 0. The fourth-order valence-electron chi connectivity index (χ4n) is 1.24. The molecule has 0 fully saturated rings. The number of likely N-dealkylation sites (N-methyl/N-ethyl adjacent to an activating group) is 1. The number of amides is 1. The molecule has 1 aromatic carbocycles. The summed E-state index contributed by atoms with van der Waals surface area (Å²) in [5.41, 5.74) is 0. The van der Waals surface area contributed by atoms with Crippen molar-refractivity contribution in [3.05, 3.63) is 42.2 Å². The van der Waals surface area contributed by atoms with Gasteiger partial charge in [0.15, 0.2) is 0 Å². The summed E-state index contributed by atoms with van der Waals surface area (Å²) in [5.74, 6) is -1.64. The van der Waals surface area contributed by atoms with Crippen LogP contribution in [0.25, 0.3) is 0 Å². The minimum absolute atomic E-state index is 0.187. The van der Waals surface area contributed by atoms with Crippen molar-refractivity contribution in [3.63, 3.8) is 0 Å². The quantitative estimate of drug-likeness (QED) is 0.789. The maximum Gasteiger partial charge on any atom is 0.328 e. The minimum Gasteiger partial charge on any atom is -0.492 e. The number of halogens is 1.